The highest BCUT2D eigenvalue weighted by Crippen LogP contribution is 2.16. The molecule has 1 rings (SSSR count). The Kier molecular flexibility index (Phi) is 8.90. The molecule has 22 heavy (non-hydrogen) atoms. The summed E-state index contributed by atoms with van der Waals surface area (Å²) in [6, 6.07) is 0.0188. The molecule has 0 spiro atoms. The number of piperidine rings is 1. The number of sulfonamides is 1. The Morgan fingerprint density at radius 3 is 2.27 bits per heavy atom. The summed E-state index contributed by atoms with van der Waals surface area (Å²) in [7, 11) is -3.13. The molecule has 6 nitrogen and oxygen atoms in total. The SMILES string of the molecule is CCCC(C)(N)C(=O)NC1CCN(S(=O)(=O)CCC)CC1.Cl. The summed E-state index contributed by atoms with van der Waals surface area (Å²) in [5.41, 5.74) is 5.16. The molecule has 0 aliphatic carbocycles. The van der Waals surface area contributed by atoms with Gasteiger partial charge in [-0.05, 0) is 32.6 Å². The molecule has 1 aliphatic rings. The average molecular weight is 356 g/mol. The van der Waals surface area contributed by atoms with E-state index in [2.05, 4.69) is 5.32 Å². The van der Waals surface area contributed by atoms with Crippen LogP contribution in [0.2, 0.25) is 0 Å². The van der Waals surface area contributed by atoms with Crippen molar-refractivity contribution in [1.82, 2.24) is 9.62 Å². The fourth-order valence-corrected chi connectivity index (χ4v) is 4.19. The van der Waals surface area contributed by atoms with Gasteiger partial charge in [-0.3, -0.25) is 4.79 Å². The van der Waals surface area contributed by atoms with Crippen molar-refractivity contribution in [3.8, 4) is 0 Å². The molecule has 0 aromatic heterocycles. The number of hydrogen-bond donors (Lipinski definition) is 2. The third kappa shape index (κ3) is 6.02. The fourth-order valence-electron chi connectivity index (χ4n) is 2.65. The number of rotatable bonds is 7. The lowest BCUT2D eigenvalue weighted by Crippen LogP contribution is -2.56. The first kappa shape index (κ1) is 21.6. The van der Waals surface area contributed by atoms with Crippen LogP contribution in [-0.2, 0) is 14.8 Å². The topological polar surface area (TPSA) is 92.5 Å². The van der Waals surface area contributed by atoms with Gasteiger partial charge in [0.25, 0.3) is 0 Å². The molecule has 0 saturated carbocycles. The van der Waals surface area contributed by atoms with Crippen LogP contribution in [0, 0.1) is 0 Å². The number of hydrogen-bond acceptors (Lipinski definition) is 4. The molecule has 1 atom stereocenters. The number of carbonyl (C=O) groups excluding carboxylic acids is 1. The minimum absolute atomic E-state index is 0. The van der Waals surface area contributed by atoms with Crippen LogP contribution in [0.4, 0.5) is 0 Å². The standard InChI is InChI=1S/C14H29N3O3S.ClH/c1-4-8-14(3,15)13(18)16-12-6-9-17(10-7-12)21(19,20)11-5-2;/h12H,4-11,15H2,1-3H3,(H,16,18);1H. The molecular formula is C14H30ClN3O3S. The van der Waals surface area contributed by atoms with E-state index in [4.69, 9.17) is 5.73 Å². The van der Waals surface area contributed by atoms with E-state index in [1.54, 1.807) is 6.92 Å². The molecule has 3 N–H and O–H groups in total. The quantitative estimate of drug-likeness (QED) is 0.718. The normalized spacial score (nSPS) is 20.0. The highest BCUT2D eigenvalue weighted by Gasteiger charge is 2.32. The predicted molar refractivity (Wildman–Crippen MR) is 91.6 cm³/mol. The Bertz CT molecular complexity index is 446. The summed E-state index contributed by atoms with van der Waals surface area (Å²) in [5.74, 6) is 0.0562. The maximum absolute atomic E-state index is 12.1. The molecule has 0 bridgehead atoms. The number of halogens is 1. The van der Waals surface area contributed by atoms with Crippen LogP contribution in [-0.4, -0.2) is 49.1 Å². The van der Waals surface area contributed by atoms with Crippen molar-refractivity contribution in [2.45, 2.75) is 64.5 Å². The summed E-state index contributed by atoms with van der Waals surface area (Å²) in [6.07, 6.45) is 3.42. The molecule has 1 amide bonds. The van der Waals surface area contributed by atoms with Crippen LogP contribution in [0.1, 0.15) is 52.9 Å². The third-order valence-corrected chi connectivity index (χ3v) is 6.01. The van der Waals surface area contributed by atoms with Crippen molar-refractivity contribution in [3.05, 3.63) is 0 Å². The van der Waals surface area contributed by atoms with Crippen molar-refractivity contribution in [2.75, 3.05) is 18.8 Å². The molecule has 0 radical (unpaired) electrons. The zero-order chi connectivity index (χ0) is 16.1. The first-order valence-electron chi connectivity index (χ1n) is 7.80. The molecule has 8 heteroatoms. The lowest BCUT2D eigenvalue weighted by Gasteiger charge is -2.33. The van der Waals surface area contributed by atoms with Gasteiger partial charge in [0.2, 0.25) is 15.9 Å². The minimum atomic E-state index is -3.13. The summed E-state index contributed by atoms with van der Waals surface area (Å²) in [4.78, 5) is 12.1. The maximum atomic E-state index is 12.1. The summed E-state index contributed by atoms with van der Waals surface area (Å²) in [5, 5.41) is 2.96. The Hall–Kier alpha value is -0.370. The highest BCUT2D eigenvalue weighted by atomic mass is 35.5. The van der Waals surface area contributed by atoms with Gasteiger partial charge in [-0.25, -0.2) is 12.7 Å². The van der Waals surface area contributed by atoms with E-state index in [1.807, 2.05) is 13.8 Å². The van der Waals surface area contributed by atoms with E-state index in [0.29, 0.717) is 38.8 Å². The van der Waals surface area contributed by atoms with Gasteiger partial charge in [0.15, 0.2) is 0 Å². The molecule has 0 aromatic rings. The Morgan fingerprint density at radius 1 is 1.27 bits per heavy atom. The van der Waals surface area contributed by atoms with Crippen molar-refractivity contribution >= 4 is 28.3 Å². The van der Waals surface area contributed by atoms with Gasteiger partial charge >= 0.3 is 0 Å². The third-order valence-electron chi connectivity index (χ3n) is 3.93. The van der Waals surface area contributed by atoms with E-state index in [-0.39, 0.29) is 30.1 Å². The zero-order valence-electron chi connectivity index (χ0n) is 13.8. The summed E-state index contributed by atoms with van der Waals surface area (Å²) < 4.78 is 25.5. The van der Waals surface area contributed by atoms with Gasteiger partial charge in [0.05, 0.1) is 11.3 Å². The second kappa shape index (κ2) is 9.05. The number of carbonyl (C=O) groups is 1. The summed E-state index contributed by atoms with van der Waals surface area (Å²) >= 11 is 0. The second-order valence-electron chi connectivity index (χ2n) is 6.13. The first-order valence-corrected chi connectivity index (χ1v) is 9.41. The van der Waals surface area contributed by atoms with Crippen LogP contribution in [0.15, 0.2) is 0 Å². The van der Waals surface area contributed by atoms with E-state index in [0.717, 1.165) is 6.42 Å². The fraction of sp³-hybridized carbons (Fsp3) is 0.929. The minimum Gasteiger partial charge on any atom is -0.352 e. The average Bonchev–Trinajstić information content (AvgIpc) is 2.39. The van der Waals surface area contributed by atoms with Crippen LogP contribution >= 0.6 is 12.4 Å². The van der Waals surface area contributed by atoms with Crippen molar-refractivity contribution in [1.29, 1.82) is 0 Å². The van der Waals surface area contributed by atoms with Gasteiger partial charge in [0, 0.05) is 19.1 Å². The lowest BCUT2D eigenvalue weighted by atomic mass is 9.95. The smallest absolute Gasteiger partial charge is 0.240 e. The van der Waals surface area contributed by atoms with Gasteiger partial charge < -0.3 is 11.1 Å². The van der Waals surface area contributed by atoms with Gasteiger partial charge in [-0.15, -0.1) is 12.4 Å². The Morgan fingerprint density at radius 2 is 1.82 bits per heavy atom. The number of nitrogens with one attached hydrogen (secondary N) is 1. The van der Waals surface area contributed by atoms with Gasteiger partial charge in [-0.1, -0.05) is 20.3 Å². The molecule has 1 heterocycles. The lowest BCUT2D eigenvalue weighted by molar-refractivity contribution is -0.127. The van der Waals surface area contributed by atoms with Crippen molar-refractivity contribution in [2.24, 2.45) is 5.73 Å². The molecule has 1 unspecified atom stereocenters. The maximum Gasteiger partial charge on any atom is 0.240 e. The van der Waals surface area contributed by atoms with Gasteiger partial charge in [0.1, 0.15) is 0 Å². The molecule has 132 valence electrons. The Labute approximate surface area is 140 Å². The molecule has 1 aliphatic heterocycles. The summed E-state index contributed by atoms with van der Waals surface area (Å²) in [6.45, 7) is 6.55. The second-order valence-corrected chi connectivity index (χ2v) is 8.22. The van der Waals surface area contributed by atoms with Crippen LogP contribution in [0.5, 0.6) is 0 Å². The van der Waals surface area contributed by atoms with E-state index in [9.17, 15) is 13.2 Å². The largest absolute Gasteiger partial charge is 0.352 e. The van der Waals surface area contributed by atoms with E-state index in [1.165, 1.54) is 4.31 Å². The van der Waals surface area contributed by atoms with Gasteiger partial charge in [-0.2, -0.15) is 0 Å². The number of amides is 1. The van der Waals surface area contributed by atoms with Crippen LogP contribution in [0.3, 0.4) is 0 Å². The molecule has 0 aromatic carbocycles. The predicted octanol–water partition coefficient (Wildman–Crippen LogP) is 1.25. The number of nitrogens with zero attached hydrogens (tertiary/aromatic N) is 1. The molecular weight excluding hydrogens is 326 g/mol. The highest BCUT2D eigenvalue weighted by molar-refractivity contribution is 7.89. The number of nitrogens with two attached hydrogens (primary N) is 1. The molecule has 1 saturated heterocycles. The molecule has 1 fully saturated rings. The van der Waals surface area contributed by atoms with Crippen molar-refractivity contribution < 1.29 is 13.2 Å². The van der Waals surface area contributed by atoms with E-state index >= 15 is 0 Å². The zero-order valence-corrected chi connectivity index (χ0v) is 15.4. The first-order chi connectivity index (χ1) is 9.73. The monoisotopic (exact) mass is 355 g/mol. The van der Waals surface area contributed by atoms with Crippen LogP contribution < -0.4 is 11.1 Å². The Balaban J connectivity index is 0.00000441. The van der Waals surface area contributed by atoms with Crippen LogP contribution in [0.25, 0.3) is 0 Å². The van der Waals surface area contributed by atoms with Crippen molar-refractivity contribution in [3.63, 3.8) is 0 Å². The van der Waals surface area contributed by atoms with E-state index < -0.39 is 15.6 Å².